The van der Waals surface area contributed by atoms with Crippen molar-refractivity contribution in [1.82, 2.24) is 9.88 Å². The number of hydrogen-bond acceptors (Lipinski definition) is 5. The van der Waals surface area contributed by atoms with Gasteiger partial charge >= 0.3 is 6.09 Å². The second kappa shape index (κ2) is 6.15. The van der Waals surface area contributed by atoms with Gasteiger partial charge in [0, 0.05) is 19.6 Å². The number of likely N-dealkylation sites (tertiary alicyclic amines) is 1. The Kier molecular flexibility index (Phi) is 4.32. The summed E-state index contributed by atoms with van der Waals surface area (Å²) in [4.78, 5) is 20.5. The second-order valence-corrected chi connectivity index (χ2v) is 8.11. The van der Waals surface area contributed by atoms with Crippen molar-refractivity contribution in [3.05, 3.63) is 18.3 Å². The molecule has 1 amide bonds. The lowest BCUT2D eigenvalue weighted by molar-refractivity contribution is 0.00803. The van der Waals surface area contributed by atoms with Crippen molar-refractivity contribution in [3.63, 3.8) is 0 Å². The lowest BCUT2D eigenvalue weighted by Crippen LogP contribution is -2.62. The van der Waals surface area contributed by atoms with E-state index in [1.165, 1.54) is 6.42 Å². The highest BCUT2D eigenvalue weighted by atomic mass is 16.6. The maximum Gasteiger partial charge on any atom is 0.410 e. The van der Waals surface area contributed by atoms with Crippen LogP contribution in [0.15, 0.2) is 18.3 Å². The van der Waals surface area contributed by atoms with E-state index in [1.807, 2.05) is 39.1 Å². The third-order valence-electron chi connectivity index (χ3n) is 4.76. The number of carbonyl (C=O) groups is 1. The molecule has 2 heterocycles. The fourth-order valence-corrected chi connectivity index (χ4v) is 3.07. The molecule has 0 spiro atoms. The number of anilines is 2. The molecule has 1 unspecified atom stereocenters. The number of carbonyl (C=O) groups excluding carboxylic acids is 1. The van der Waals surface area contributed by atoms with Crippen LogP contribution in [0.1, 0.15) is 34.1 Å². The van der Waals surface area contributed by atoms with Crippen LogP contribution in [0.3, 0.4) is 0 Å². The Morgan fingerprint density at radius 2 is 2.08 bits per heavy atom. The van der Waals surface area contributed by atoms with Gasteiger partial charge in [-0.25, -0.2) is 9.78 Å². The molecule has 1 aromatic rings. The van der Waals surface area contributed by atoms with Crippen molar-refractivity contribution in [2.45, 2.75) is 45.8 Å². The third kappa shape index (κ3) is 3.91. The van der Waals surface area contributed by atoms with Gasteiger partial charge in [0.05, 0.1) is 17.9 Å². The minimum atomic E-state index is -0.452. The summed E-state index contributed by atoms with van der Waals surface area (Å²) in [5.74, 6) is 2.05. The van der Waals surface area contributed by atoms with Crippen LogP contribution >= 0.6 is 0 Å². The van der Waals surface area contributed by atoms with Crippen molar-refractivity contribution < 1.29 is 9.53 Å². The van der Waals surface area contributed by atoms with Gasteiger partial charge in [-0.1, -0.05) is 6.92 Å². The van der Waals surface area contributed by atoms with Crippen LogP contribution in [0.4, 0.5) is 16.3 Å². The minimum absolute atomic E-state index is 0.228. The van der Waals surface area contributed by atoms with E-state index in [1.54, 1.807) is 4.90 Å². The molecule has 0 bridgehead atoms. The molecule has 0 radical (unpaired) electrons. The van der Waals surface area contributed by atoms with Crippen LogP contribution in [0, 0.1) is 11.8 Å². The van der Waals surface area contributed by atoms with E-state index in [-0.39, 0.29) is 6.09 Å². The molecule has 2 atom stereocenters. The summed E-state index contributed by atoms with van der Waals surface area (Å²) in [6.45, 7) is 10.4. The topological polar surface area (TPSA) is 71.7 Å². The summed E-state index contributed by atoms with van der Waals surface area (Å²) in [6.07, 6.45) is 2.88. The molecule has 132 valence electrons. The molecule has 24 heavy (non-hydrogen) atoms. The molecule has 1 aliphatic carbocycles. The van der Waals surface area contributed by atoms with Gasteiger partial charge in [0.2, 0.25) is 0 Å². The van der Waals surface area contributed by atoms with Gasteiger partial charge in [0.25, 0.3) is 0 Å². The van der Waals surface area contributed by atoms with E-state index in [2.05, 4.69) is 16.8 Å². The first kappa shape index (κ1) is 16.9. The van der Waals surface area contributed by atoms with Gasteiger partial charge < -0.3 is 20.3 Å². The first-order valence-electron chi connectivity index (χ1n) is 8.69. The van der Waals surface area contributed by atoms with Crippen LogP contribution in [0.25, 0.3) is 0 Å². The molecule has 1 saturated heterocycles. The first-order chi connectivity index (χ1) is 11.2. The van der Waals surface area contributed by atoms with Crippen molar-refractivity contribution >= 4 is 17.6 Å². The molecular formula is C18H28N4O2. The highest BCUT2D eigenvalue weighted by Crippen LogP contribution is 2.40. The highest BCUT2D eigenvalue weighted by molar-refractivity contribution is 5.70. The number of ether oxygens (including phenoxy) is 1. The van der Waals surface area contributed by atoms with Crippen LogP contribution in [0.2, 0.25) is 0 Å². The molecule has 3 rings (SSSR count). The Hall–Kier alpha value is -1.98. The van der Waals surface area contributed by atoms with Crippen LogP contribution in [-0.2, 0) is 4.74 Å². The highest BCUT2D eigenvalue weighted by Gasteiger charge is 2.41. The van der Waals surface area contributed by atoms with E-state index in [4.69, 9.17) is 10.5 Å². The number of amides is 1. The van der Waals surface area contributed by atoms with Crippen molar-refractivity contribution in [2.24, 2.45) is 11.8 Å². The van der Waals surface area contributed by atoms with Crippen molar-refractivity contribution in [3.8, 4) is 0 Å². The molecule has 1 aliphatic heterocycles. The molecule has 2 aliphatic rings. The number of hydrogen-bond donors (Lipinski definition) is 1. The second-order valence-electron chi connectivity index (χ2n) is 8.11. The zero-order valence-electron chi connectivity index (χ0n) is 15.0. The predicted molar refractivity (Wildman–Crippen MR) is 94.9 cm³/mol. The monoisotopic (exact) mass is 332 g/mol. The molecule has 1 saturated carbocycles. The zero-order chi connectivity index (χ0) is 17.5. The molecule has 6 heteroatoms. The lowest BCUT2D eigenvalue weighted by atomic mass is 10.1. The van der Waals surface area contributed by atoms with Crippen LogP contribution < -0.4 is 10.6 Å². The molecule has 2 fully saturated rings. The first-order valence-corrected chi connectivity index (χ1v) is 8.69. The Bertz CT molecular complexity index is 590. The van der Waals surface area contributed by atoms with E-state index < -0.39 is 5.60 Å². The fourth-order valence-electron chi connectivity index (χ4n) is 3.07. The minimum Gasteiger partial charge on any atom is -0.444 e. The van der Waals surface area contributed by atoms with Crippen LogP contribution in [0.5, 0.6) is 0 Å². The van der Waals surface area contributed by atoms with Gasteiger partial charge in [-0.2, -0.15) is 0 Å². The standard InChI is InChI=1S/C18H28N4O2/c1-12-7-13(12)9-22(14-5-6-16(19)20-8-14)15-10-21(11-15)17(23)24-18(2,3)4/h5-6,8,12-13,15H,7,9-11H2,1-4H3,(H2,19,20)/t12-,13?/m1/s1. The molecular weight excluding hydrogens is 304 g/mol. The molecule has 6 nitrogen and oxygen atoms in total. The maximum atomic E-state index is 12.1. The van der Waals surface area contributed by atoms with Gasteiger partial charge in [0.1, 0.15) is 11.4 Å². The zero-order valence-corrected chi connectivity index (χ0v) is 15.0. The summed E-state index contributed by atoms with van der Waals surface area (Å²) in [5.41, 5.74) is 6.34. The SMILES string of the molecule is C[C@@H]1CC1CN(c1ccc(N)nc1)C1CN(C(=O)OC(C)(C)C)C1. The summed E-state index contributed by atoms with van der Waals surface area (Å²) in [7, 11) is 0. The van der Waals surface area contributed by atoms with Crippen molar-refractivity contribution in [2.75, 3.05) is 30.3 Å². The Labute approximate surface area is 144 Å². The smallest absolute Gasteiger partial charge is 0.410 e. The predicted octanol–water partition coefficient (Wildman–Crippen LogP) is 2.75. The van der Waals surface area contributed by atoms with Gasteiger partial charge in [-0.15, -0.1) is 0 Å². The Balaban J connectivity index is 1.63. The summed E-state index contributed by atoms with van der Waals surface area (Å²) < 4.78 is 5.44. The number of nitrogens with two attached hydrogens (primary N) is 1. The maximum absolute atomic E-state index is 12.1. The van der Waals surface area contributed by atoms with Gasteiger partial charge in [-0.05, 0) is 51.2 Å². The average molecular weight is 332 g/mol. The largest absolute Gasteiger partial charge is 0.444 e. The van der Waals surface area contributed by atoms with Crippen LogP contribution in [-0.4, -0.2) is 47.3 Å². The molecule has 2 N–H and O–H groups in total. The average Bonchev–Trinajstić information content (AvgIpc) is 3.10. The number of pyridine rings is 1. The van der Waals surface area contributed by atoms with E-state index >= 15 is 0 Å². The lowest BCUT2D eigenvalue weighted by Gasteiger charge is -2.46. The third-order valence-corrected chi connectivity index (χ3v) is 4.76. The summed E-state index contributed by atoms with van der Waals surface area (Å²) in [6, 6.07) is 4.17. The molecule has 0 aromatic carbocycles. The number of nitrogens with zero attached hydrogens (tertiary/aromatic N) is 3. The number of aromatic nitrogens is 1. The Morgan fingerprint density at radius 3 is 2.58 bits per heavy atom. The quantitative estimate of drug-likeness (QED) is 0.918. The summed E-state index contributed by atoms with van der Waals surface area (Å²) in [5, 5.41) is 0. The van der Waals surface area contributed by atoms with E-state index in [0.29, 0.717) is 24.9 Å². The van der Waals surface area contributed by atoms with E-state index in [0.717, 1.165) is 24.1 Å². The fraction of sp³-hybridized carbons (Fsp3) is 0.667. The molecule has 1 aromatic heterocycles. The Morgan fingerprint density at radius 1 is 1.42 bits per heavy atom. The summed E-state index contributed by atoms with van der Waals surface area (Å²) >= 11 is 0. The van der Waals surface area contributed by atoms with Crippen molar-refractivity contribution in [1.29, 1.82) is 0 Å². The van der Waals surface area contributed by atoms with E-state index in [9.17, 15) is 4.79 Å². The van der Waals surface area contributed by atoms with Gasteiger partial charge in [0.15, 0.2) is 0 Å². The normalized spacial score (nSPS) is 23.6. The number of rotatable bonds is 4. The number of nitrogen functional groups attached to an aromatic ring is 1. The van der Waals surface area contributed by atoms with Gasteiger partial charge in [-0.3, -0.25) is 0 Å².